The summed E-state index contributed by atoms with van der Waals surface area (Å²) < 4.78 is 6.93. The smallest absolute Gasteiger partial charge is 0.372 e. The van der Waals surface area contributed by atoms with Crippen molar-refractivity contribution in [3.8, 4) is 17.1 Å². The summed E-state index contributed by atoms with van der Waals surface area (Å²) in [4.78, 5) is 11.6. The number of nitrogens with zero attached hydrogens (tertiary/aromatic N) is 4. The van der Waals surface area contributed by atoms with Crippen LogP contribution in [-0.2, 0) is 7.05 Å². The Bertz CT molecular complexity index is 644. The highest BCUT2D eigenvalue weighted by atomic mass is 35.5. The Hall–Kier alpha value is -1.60. The minimum Gasteiger partial charge on any atom is -0.416 e. The van der Waals surface area contributed by atoms with Gasteiger partial charge in [-0.3, -0.25) is 4.68 Å². The number of ether oxygens (including phenoxy) is 1. The van der Waals surface area contributed by atoms with Crippen molar-refractivity contribution < 1.29 is 9.53 Å². The Morgan fingerprint density at radius 2 is 2.20 bits per heavy atom. The molecule has 0 bridgehead atoms. The van der Waals surface area contributed by atoms with E-state index in [9.17, 15) is 4.79 Å². The molecule has 0 saturated heterocycles. The van der Waals surface area contributed by atoms with Gasteiger partial charge in [0.25, 0.3) is 0 Å². The zero-order valence-electron chi connectivity index (χ0n) is 11.3. The van der Waals surface area contributed by atoms with Crippen molar-refractivity contribution >= 4 is 28.7 Å². The fourth-order valence-corrected chi connectivity index (χ4v) is 2.20. The van der Waals surface area contributed by atoms with E-state index < -0.39 is 5.30 Å². The van der Waals surface area contributed by atoms with Gasteiger partial charge >= 0.3 is 5.30 Å². The molecule has 0 fully saturated rings. The number of thioether (sulfide) groups is 1. The molecule has 0 radical (unpaired) electrons. The van der Waals surface area contributed by atoms with E-state index in [0.29, 0.717) is 17.1 Å². The second-order valence-electron chi connectivity index (χ2n) is 3.96. The summed E-state index contributed by atoms with van der Waals surface area (Å²) in [6, 6.07) is 3.31. The van der Waals surface area contributed by atoms with Crippen molar-refractivity contribution in [1.29, 1.82) is 0 Å². The number of hydrogen-bond donors (Lipinski definition) is 0. The second kappa shape index (κ2) is 6.23. The molecule has 2 heterocycles. The zero-order valence-corrected chi connectivity index (χ0v) is 12.8. The lowest BCUT2D eigenvalue weighted by Gasteiger charge is -2.08. The molecule has 6 nitrogen and oxygen atoms in total. The summed E-state index contributed by atoms with van der Waals surface area (Å²) in [5, 5.41) is 11.8. The molecule has 8 heteroatoms. The van der Waals surface area contributed by atoms with Crippen molar-refractivity contribution in [1.82, 2.24) is 20.0 Å². The van der Waals surface area contributed by atoms with Gasteiger partial charge in [0, 0.05) is 18.9 Å². The summed E-state index contributed by atoms with van der Waals surface area (Å²) in [7, 11) is 1.78. The highest BCUT2D eigenvalue weighted by Crippen LogP contribution is 2.30. The summed E-state index contributed by atoms with van der Waals surface area (Å²) in [5.74, 6) is 0.907. The Labute approximate surface area is 125 Å². The second-order valence-corrected chi connectivity index (χ2v) is 5.55. The minimum absolute atomic E-state index is 0.164. The average Bonchev–Trinajstić information content (AvgIpc) is 2.69. The normalized spacial score (nSPS) is 10.6. The maximum absolute atomic E-state index is 11.6. The third kappa shape index (κ3) is 3.29. The molecule has 2 aromatic rings. The van der Waals surface area contributed by atoms with Gasteiger partial charge in [0.2, 0.25) is 0 Å². The fraction of sp³-hybridized carbons (Fsp3) is 0.333. The van der Waals surface area contributed by atoms with Crippen LogP contribution in [0.2, 0.25) is 5.15 Å². The molecule has 0 unspecified atom stereocenters. The molecule has 0 aromatic carbocycles. The van der Waals surface area contributed by atoms with Gasteiger partial charge in [-0.05, 0) is 24.8 Å². The highest BCUT2D eigenvalue weighted by molar-refractivity contribution is 8.13. The van der Waals surface area contributed by atoms with Gasteiger partial charge < -0.3 is 4.74 Å². The molecule has 20 heavy (non-hydrogen) atoms. The van der Waals surface area contributed by atoms with Crippen LogP contribution < -0.4 is 4.74 Å². The number of rotatable bonds is 3. The molecular weight excluding hydrogens is 300 g/mol. The quantitative estimate of drug-likeness (QED) is 0.811. The van der Waals surface area contributed by atoms with Gasteiger partial charge in [-0.2, -0.15) is 5.10 Å². The largest absolute Gasteiger partial charge is 0.416 e. The first-order chi connectivity index (χ1) is 9.51. The first-order valence-corrected chi connectivity index (χ1v) is 7.26. The zero-order chi connectivity index (χ0) is 14.7. The minimum atomic E-state index is -0.406. The van der Waals surface area contributed by atoms with Crippen LogP contribution in [0.25, 0.3) is 11.4 Å². The molecule has 2 aromatic heterocycles. The summed E-state index contributed by atoms with van der Waals surface area (Å²) in [6.07, 6.45) is 0. The molecule has 0 amide bonds. The Morgan fingerprint density at radius 1 is 1.45 bits per heavy atom. The first kappa shape index (κ1) is 14.8. The number of aryl methyl sites for hydroxylation is 2. The van der Waals surface area contributed by atoms with Gasteiger partial charge in [0.1, 0.15) is 0 Å². The topological polar surface area (TPSA) is 69.9 Å². The number of carbonyl (C=O) groups is 1. The third-order valence-electron chi connectivity index (χ3n) is 2.43. The van der Waals surface area contributed by atoms with Gasteiger partial charge in [-0.1, -0.05) is 18.5 Å². The Morgan fingerprint density at radius 3 is 2.80 bits per heavy atom. The lowest BCUT2D eigenvalue weighted by atomic mass is 10.2. The molecule has 0 N–H and O–H groups in total. The monoisotopic (exact) mass is 312 g/mol. The van der Waals surface area contributed by atoms with Crippen LogP contribution in [0.4, 0.5) is 4.79 Å². The van der Waals surface area contributed by atoms with Gasteiger partial charge in [-0.15, -0.1) is 10.2 Å². The van der Waals surface area contributed by atoms with Gasteiger partial charge in [-0.25, -0.2) is 4.79 Å². The molecule has 106 valence electrons. The SMILES string of the molecule is CCSC(=O)Oc1cc(Cl)nnc1-c1cc(C)nn1C. The van der Waals surface area contributed by atoms with Crippen LogP contribution in [0.15, 0.2) is 12.1 Å². The number of aromatic nitrogens is 4. The van der Waals surface area contributed by atoms with E-state index in [1.807, 2.05) is 19.9 Å². The van der Waals surface area contributed by atoms with E-state index in [1.165, 1.54) is 6.07 Å². The lowest BCUT2D eigenvalue weighted by molar-refractivity contribution is 0.227. The lowest BCUT2D eigenvalue weighted by Crippen LogP contribution is -2.05. The molecule has 0 aliphatic rings. The molecule has 0 aliphatic carbocycles. The van der Waals surface area contributed by atoms with E-state index in [1.54, 1.807) is 11.7 Å². The summed E-state index contributed by atoms with van der Waals surface area (Å²) >= 11 is 6.89. The van der Waals surface area contributed by atoms with Crippen LogP contribution in [0.5, 0.6) is 5.75 Å². The van der Waals surface area contributed by atoms with E-state index in [0.717, 1.165) is 17.5 Å². The average molecular weight is 313 g/mol. The number of halogens is 1. The van der Waals surface area contributed by atoms with E-state index in [-0.39, 0.29) is 10.9 Å². The number of carbonyl (C=O) groups excluding carboxylic acids is 1. The van der Waals surface area contributed by atoms with Crippen molar-refractivity contribution in [3.05, 3.63) is 23.0 Å². The predicted octanol–water partition coefficient (Wildman–Crippen LogP) is 3.09. The summed E-state index contributed by atoms with van der Waals surface area (Å²) in [6.45, 7) is 3.74. The third-order valence-corrected chi connectivity index (χ3v) is 3.22. The molecule has 0 spiro atoms. The van der Waals surface area contributed by atoms with Gasteiger partial charge in [0.05, 0.1) is 11.4 Å². The van der Waals surface area contributed by atoms with E-state index in [2.05, 4.69) is 15.3 Å². The van der Waals surface area contributed by atoms with Crippen LogP contribution in [0.3, 0.4) is 0 Å². The van der Waals surface area contributed by atoms with Crippen molar-refractivity contribution in [2.75, 3.05) is 5.75 Å². The van der Waals surface area contributed by atoms with Crippen LogP contribution in [0, 0.1) is 6.92 Å². The molecule has 2 rings (SSSR count). The summed E-state index contributed by atoms with van der Waals surface area (Å²) in [5.41, 5.74) is 1.97. The predicted molar refractivity (Wildman–Crippen MR) is 78.1 cm³/mol. The number of hydrogen-bond acceptors (Lipinski definition) is 6. The first-order valence-electron chi connectivity index (χ1n) is 5.90. The molecule has 0 atom stereocenters. The molecule has 0 aliphatic heterocycles. The van der Waals surface area contributed by atoms with Crippen LogP contribution in [-0.4, -0.2) is 31.0 Å². The van der Waals surface area contributed by atoms with E-state index in [4.69, 9.17) is 16.3 Å². The van der Waals surface area contributed by atoms with Crippen molar-refractivity contribution in [2.45, 2.75) is 13.8 Å². The molecular formula is C12H13ClN4O2S. The molecule has 0 saturated carbocycles. The fourth-order valence-electron chi connectivity index (χ4n) is 1.68. The van der Waals surface area contributed by atoms with Crippen LogP contribution >= 0.6 is 23.4 Å². The Kier molecular flexibility index (Phi) is 4.61. The maximum Gasteiger partial charge on any atom is 0.372 e. The van der Waals surface area contributed by atoms with Gasteiger partial charge in [0.15, 0.2) is 16.6 Å². The Balaban J connectivity index is 2.42. The standard InChI is InChI=1S/C12H13ClN4O2S/c1-4-20-12(18)19-9-6-10(13)14-15-11(9)8-5-7(2)16-17(8)3/h5-6H,4H2,1-3H3. The van der Waals surface area contributed by atoms with Crippen molar-refractivity contribution in [2.24, 2.45) is 7.05 Å². The van der Waals surface area contributed by atoms with Crippen LogP contribution in [0.1, 0.15) is 12.6 Å². The highest BCUT2D eigenvalue weighted by Gasteiger charge is 2.17. The van der Waals surface area contributed by atoms with E-state index >= 15 is 0 Å². The van der Waals surface area contributed by atoms with Crippen molar-refractivity contribution in [3.63, 3.8) is 0 Å². The maximum atomic E-state index is 11.6.